The Kier molecular flexibility index (Phi) is 6.36. The average Bonchev–Trinajstić information content (AvgIpc) is 3.28. The van der Waals surface area contributed by atoms with Gasteiger partial charge in [0.2, 0.25) is 17.6 Å². The van der Waals surface area contributed by atoms with Crippen LogP contribution in [0.2, 0.25) is 0 Å². The van der Waals surface area contributed by atoms with E-state index in [-0.39, 0.29) is 23.5 Å². The number of amides is 1. The molecule has 1 fully saturated rings. The van der Waals surface area contributed by atoms with Crippen molar-refractivity contribution in [1.82, 2.24) is 20.4 Å². The van der Waals surface area contributed by atoms with Gasteiger partial charge in [0.25, 0.3) is 0 Å². The van der Waals surface area contributed by atoms with Crippen molar-refractivity contribution < 1.29 is 14.1 Å². The molecule has 0 spiro atoms. The fourth-order valence-electron chi connectivity index (χ4n) is 5.14. The lowest BCUT2D eigenvalue weighted by atomic mass is 9.88. The number of fused-ring (bicyclic) bond motifs is 1. The summed E-state index contributed by atoms with van der Waals surface area (Å²) in [4.78, 5) is 20.2. The fourth-order valence-corrected chi connectivity index (χ4v) is 5.14. The van der Waals surface area contributed by atoms with Gasteiger partial charge in [-0.15, -0.1) is 0 Å². The Balaban J connectivity index is 1.23. The molecule has 0 radical (unpaired) electrons. The molecule has 5 rings (SSSR count). The van der Waals surface area contributed by atoms with Gasteiger partial charge in [0.1, 0.15) is 11.4 Å². The number of nitrogens with zero attached hydrogens (tertiary/aromatic N) is 3. The number of rotatable bonds is 5. The van der Waals surface area contributed by atoms with E-state index in [2.05, 4.69) is 60.2 Å². The zero-order valence-corrected chi connectivity index (χ0v) is 21.0. The molecule has 2 aliphatic heterocycles. The van der Waals surface area contributed by atoms with Crippen LogP contribution in [0.5, 0.6) is 5.75 Å². The number of likely N-dealkylation sites (tertiary alicyclic amines) is 1. The van der Waals surface area contributed by atoms with Crippen LogP contribution in [-0.4, -0.2) is 39.6 Å². The van der Waals surface area contributed by atoms with Crippen molar-refractivity contribution in [3.05, 3.63) is 65.0 Å². The average molecular weight is 475 g/mol. The fraction of sp³-hybridized carbons (Fsp3) is 0.464. The molecule has 0 bridgehead atoms. The van der Waals surface area contributed by atoms with E-state index in [4.69, 9.17) is 9.26 Å². The van der Waals surface area contributed by atoms with Gasteiger partial charge in [-0.2, -0.15) is 4.98 Å². The summed E-state index contributed by atoms with van der Waals surface area (Å²) in [6, 6.07) is 14.2. The zero-order chi connectivity index (χ0) is 24.6. The van der Waals surface area contributed by atoms with Gasteiger partial charge in [-0.05, 0) is 53.1 Å². The van der Waals surface area contributed by atoms with E-state index in [0.29, 0.717) is 24.8 Å². The SMILES string of the molecule is Cc1ccc(-c2noc(CN3CCCC(C(=O)NC4CC(C)(C)Oc5ccc(C)cc54)C3)n2)cc1. The summed E-state index contributed by atoms with van der Waals surface area (Å²) in [5.41, 5.74) is 4.04. The van der Waals surface area contributed by atoms with Crippen molar-refractivity contribution in [2.45, 2.75) is 65.1 Å². The molecule has 3 heterocycles. The first-order valence-electron chi connectivity index (χ1n) is 12.5. The third-order valence-corrected chi connectivity index (χ3v) is 6.95. The van der Waals surface area contributed by atoms with E-state index in [0.717, 1.165) is 42.7 Å². The van der Waals surface area contributed by atoms with Crippen molar-refractivity contribution in [3.8, 4) is 17.1 Å². The van der Waals surface area contributed by atoms with Crippen LogP contribution in [0.4, 0.5) is 0 Å². The van der Waals surface area contributed by atoms with E-state index in [1.165, 1.54) is 11.1 Å². The molecule has 7 nitrogen and oxygen atoms in total. The van der Waals surface area contributed by atoms with Crippen LogP contribution in [0, 0.1) is 19.8 Å². The van der Waals surface area contributed by atoms with E-state index >= 15 is 0 Å². The maximum Gasteiger partial charge on any atom is 0.241 e. The second-order valence-electron chi connectivity index (χ2n) is 10.6. The second kappa shape index (κ2) is 9.46. The minimum absolute atomic E-state index is 0.0514. The standard InChI is InChI=1S/C28H34N4O3/c1-18-7-10-20(11-8-18)26-30-25(35-31-26)17-32-13-5-6-21(16-32)27(33)29-23-15-28(3,4)34-24-12-9-19(2)14-22(23)24/h7-12,14,21,23H,5-6,13,15-17H2,1-4H3,(H,29,33). The summed E-state index contributed by atoms with van der Waals surface area (Å²) < 4.78 is 11.7. The van der Waals surface area contributed by atoms with Crippen molar-refractivity contribution in [1.29, 1.82) is 0 Å². The van der Waals surface area contributed by atoms with Crippen LogP contribution in [0.25, 0.3) is 11.4 Å². The summed E-state index contributed by atoms with van der Waals surface area (Å²) in [6.07, 6.45) is 2.59. The number of nitrogens with one attached hydrogen (secondary N) is 1. The lowest BCUT2D eigenvalue weighted by Gasteiger charge is -2.39. The number of benzene rings is 2. The second-order valence-corrected chi connectivity index (χ2v) is 10.6. The van der Waals surface area contributed by atoms with Crippen LogP contribution in [0.1, 0.15) is 61.7 Å². The molecular formula is C28H34N4O3. The van der Waals surface area contributed by atoms with E-state index in [1.807, 2.05) is 30.3 Å². The Morgan fingerprint density at radius 2 is 1.91 bits per heavy atom. The van der Waals surface area contributed by atoms with Crippen molar-refractivity contribution in [3.63, 3.8) is 0 Å². The molecule has 1 saturated heterocycles. The molecule has 0 aliphatic carbocycles. The van der Waals surface area contributed by atoms with Crippen molar-refractivity contribution in [2.75, 3.05) is 13.1 Å². The predicted molar refractivity (Wildman–Crippen MR) is 134 cm³/mol. The third-order valence-electron chi connectivity index (χ3n) is 6.95. The maximum absolute atomic E-state index is 13.4. The minimum atomic E-state index is -0.327. The van der Waals surface area contributed by atoms with Crippen LogP contribution in [0.3, 0.4) is 0 Å². The smallest absolute Gasteiger partial charge is 0.241 e. The van der Waals surface area contributed by atoms with Crippen LogP contribution in [-0.2, 0) is 11.3 Å². The molecule has 2 unspecified atom stereocenters. The van der Waals surface area contributed by atoms with Crippen LogP contribution in [0.15, 0.2) is 47.0 Å². The van der Waals surface area contributed by atoms with Gasteiger partial charge >= 0.3 is 0 Å². The summed E-state index contributed by atoms with van der Waals surface area (Å²) in [5, 5.41) is 7.50. The Morgan fingerprint density at radius 1 is 1.14 bits per heavy atom. The Morgan fingerprint density at radius 3 is 2.71 bits per heavy atom. The number of carbonyl (C=O) groups excluding carboxylic acids is 1. The number of hydrogen-bond acceptors (Lipinski definition) is 6. The summed E-state index contributed by atoms with van der Waals surface area (Å²) in [7, 11) is 0. The largest absolute Gasteiger partial charge is 0.487 e. The molecule has 184 valence electrons. The van der Waals surface area contributed by atoms with E-state index < -0.39 is 0 Å². The number of hydrogen-bond donors (Lipinski definition) is 1. The van der Waals surface area contributed by atoms with Gasteiger partial charge in [0.15, 0.2) is 0 Å². The molecular weight excluding hydrogens is 440 g/mol. The van der Waals surface area contributed by atoms with Crippen molar-refractivity contribution in [2.24, 2.45) is 5.92 Å². The predicted octanol–water partition coefficient (Wildman–Crippen LogP) is 4.98. The molecule has 2 aliphatic rings. The summed E-state index contributed by atoms with van der Waals surface area (Å²) in [6.45, 7) is 10.4. The minimum Gasteiger partial charge on any atom is -0.487 e. The quantitative estimate of drug-likeness (QED) is 0.562. The Hall–Kier alpha value is -3.19. The number of piperidine rings is 1. The summed E-state index contributed by atoms with van der Waals surface area (Å²) >= 11 is 0. The molecule has 3 aromatic rings. The Bertz CT molecular complexity index is 1200. The third kappa shape index (κ3) is 5.40. The highest BCUT2D eigenvalue weighted by molar-refractivity contribution is 5.79. The lowest BCUT2D eigenvalue weighted by Crippen LogP contribution is -2.46. The topological polar surface area (TPSA) is 80.5 Å². The number of aromatic nitrogens is 2. The van der Waals surface area contributed by atoms with Crippen molar-refractivity contribution >= 4 is 5.91 Å². The molecule has 2 aromatic carbocycles. The first kappa shape index (κ1) is 23.5. The molecule has 1 aromatic heterocycles. The normalized spacial score (nSPS) is 21.7. The van der Waals surface area contributed by atoms with Gasteiger partial charge in [-0.3, -0.25) is 9.69 Å². The molecule has 7 heteroatoms. The number of ether oxygens (including phenoxy) is 1. The number of carbonyl (C=O) groups is 1. The number of aryl methyl sites for hydroxylation is 2. The Labute approximate surface area is 206 Å². The van der Waals surface area contributed by atoms with Gasteiger partial charge < -0.3 is 14.6 Å². The highest BCUT2D eigenvalue weighted by atomic mass is 16.5. The van der Waals surface area contributed by atoms with Gasteiger partial charge in [0.05, 0.1) is 18.5 Å². The molecule has 2 atom stereocenters. The molecule has 1 N–H and O–H groups in total. The van der Waals surface area contributed by atoms with Gasteiger partial charge in [-0.1, -0.05) is 52.7 Å². The van der Waals surface area contributed by atoms with Crippen LogP contribution < -0.4 is 10.1 Å². The monoisotopic (exact) mass is 474 g/mol. The maximum atomic E-state index is 13.4. The first-order valence-corrected chi connectivity index (χ1v) is 12.5. The molecule has 0 saturated carbocycles. The highest BCUT2D eigenvalue weighted by Gasteiger charge is 2.36. The van der Waals surface area contributed by atoms with E-state index in [9.17, 15) is 4.79 Å². The first-order chi connectivity index (χ1) is 16.8. The van der Waals surface area contributed by atoms with Gasteiger partial charge in [0, 0.05) is 24.1 Å². The van der Waals surface area contributed by atoms with Gasteiger partial charge in [-0.25, -0.2) is 0 Å². The zero-order valence-electron chi connectivity index (χ0n) is 21.0. The van der Waals surface area contributed by atoms with E-state index in [1.54, 1.807) is 0 Å². The summed E-state index contributed by atoms with van der Waals surface area (Å²) in [5.74, 6) is 2.08. The molecule has 1 amide bonds. The highest BCUT2D eigenvalue weighted by Crippen LogP contribution is 2.40. The van der Waals surface area contributed by atoms with Crippen LogP contribution >= 0.6 is 0 Å². The lowest BCUT2D eigenvalue weighted by molar-refractivity contribution is -0.128. The molecule has 35 heavy (non-hydrogen) atoms.